The van der Waals surface area contributed by atoms with Gasteiger partial charge in [0, 0.05) is 49.0 Å². The molecule has 0 spiro atoms. The second-order valence-corrected chi connectivity index (χ2v) is 7.93. The number of nitriles is 1. The van der Waals surface area contributed by atoms with Crippen LogP contribution in [0.1, 0.15) is 28.8 Å². The van der Waals surface area contributed by atoms with Crippen LogP contribution in [0.2, 0.25) is 0 Å². The first-order chi connectivity index (χ1) is 16.5. The maximum Gasteiger partial charge on any atom is 0.260 e. The molecule has 1 amide bonds. The molecule has 1 atom stereocenters. The van der Waals surface area contributed by atoms with Crippen LogP contribution in [0.3, 0.4) is 0 Å². The van der Waals surface area contributed by atoms with E-state index >= 15 is 0 Å². The van der Waals surface area contributed by atoms with Crippen molar-refractivity contribution in [3.8, 4) is 22.9 Å². The standard InChI is InChI=1S/C26H24FN5O2/c1-32(20-5-6-24(34-2)23(27)14-20)26(33)22-13-17(15-28)12-21(18-7-10-29-11-8-18)25(22)31-16-19-4-3-9-30-19/h5-8,10-14,16,19,30H,3-4,9H2,1-2H3/b31-16+. The minimum atomic E-state index is -0.576. The smallest absolute Gasteiger partial charge is 0.260 e. The van der Waals surface area contributed by atoms with Crippen molar-refractivity contribution in [3.05, 3.63) is 71.8 Å². The lowest BCUT2D eigenvalue weighted by Gasteiger charge is -2.20. The lowest BCUT2D eigenvalue weighted by Crippen LogP contribution is -2.27. The Bertz CT molecular complexity index is 1260. The van der Waals surface area contributed by atoms with Gasteiger partial charge in [-0.25, -0.2) is 4.39 Å². The number of nitrogens with one attached hydrogen (secondary N) is 1. The number of carbonyl (C=O) groups is 1. The zero-order valence-corrected chi connectivity index (χ0v) is 19.0. The zero-order valence-electron chi connectivity index (χ0n) is 19.0. The molecule has 2 aromatic carbocycles. The van der Waals surface area contributed by atoms with E-state index in [-0.39, 0.29) is 17.4 Å². The molecule has 34 heavy (non-hydrogen) atoms. The number of rotatable bonds is 6. The number of methoxy groups -OCH3 is 1. The SMILES string of the molecule is COc1ccc(N(C)C(=O)c2cc(C#N)cc(-c3ccncc3)c2/N=C/C2CCCN2)cc1F. The molecule has 1 saturated heterocycles. The van der Waals surface area contributed by atoms with Gasteiger partial charge in [0.2, 0.25) is 0 Å². The van der Waals surface area contributed by atoms with E-state index in [2.05, 4.69) is 16.4 Å². The molecule has 0 bridgehead atoms. The molecule has 1 fully saturated rings. The quantitative estimate of drug-likeness (QED) is 0.551. The van der Waals surface area contributed by atoms with Crippen molar-refractivity contribution in [1.82, 2.24) is 10.3 Å². The van der Waals surface area contributed by atoms with Crippen LogP contribution >= 0.6 is 0 Å². The van der Waals surface area contributed by atoms with Crippen LogP contribution in [-0.2, 0) is 0 Å². The van der Waals surface area contributed by atoms with Crippen molar-refractivity contribution in [3.63, 3.8) is 0 Å². The Morgan fingerprint density at radius 3 is 2.74 bits per heavy atom. The Kier molecular flexibility index (Phi) is 6.95. The number of carbonyl (C=O) groups excluding carboxylic acids is 1. The Labute approximate surface area is 197 Å². The van der Waals surface area contributed by atoms with E-state index in [0.717, 1.165) is 24.9 Å². The minimum absolute atomic E-state index is 0.0883. The molecule has 1 aromatic heterocycles. The average Bonchev–Trinajstić information content (AvgIpc) is 3.40. The van der Waals surface area contributed by atoms with Gasteiger partial charge in [-0.05, 0) is 61.3 Å². The van der Waals surface area contributed by atoms with Gasteiger partial charge in [0.1, 0.15) is 0 Å². The predicted octanol–water partition coefficient (Wildman–Crippen LogP) is 4.50. The molecule has 7 nitrogen and oxygen atoms in total. The van der Waals surface area contributed by atoms with E-state index < -0.39 is 11.7 Å². The van der Waals surface area contributed by atoms with Crippen LogP contribution in [-0.4, -0.2) is 43.8 Å². The first kappa shape index (κ1) is 23.1. The zero-order chi connectivity index (χ0) is 24.1. The second kappa shape index (κ2) is 10.2. The Morgan fingerprint density at radius 1 is 1.29 bits per heavy atom. The highest BCUT2D eigenvalue weighted by molar-refractivity contribution is 6.11. The first-order valence-electron chi connectivity index (χ1n) is 10.9. The van der Waals surface area contributed by atoms with Gasteiger partial charge in [0.15, 0.2) is 11.6 Å². The summed E-state index contributed by atoms with van der Waals surface area (Å²) in [6.45, 7) is 0.916. The highest BCUT2D eigenvalue weighted by atomic mass is 19.1. The molecule has 0 radical (unpaired) electrons. The van der Waals surface area contributed by atoms with E-state index in [1.54, 1.807) is 43.7 Å². The maximum atomic E-state index is 14.3. The Balaban J connectivity index is 1.83. The van der Waals surface area contributed by atoms with Gasteiger partial charge in [0.25, 0.3) is 5.91 Å². The van der Waals surface area contributed by atoms with Crippen molar-refractivity contribution in [2.24, 2.45) is 4.99 Å². The van der Waals surface area contributed by atoms with Gasteiger partial charge in [-0.1, -0.05) is 0 Å². The third kappa shape index (κ3) is 4.80. The molecule has 4 rings (SSSR count). The third-order valence-electron chi connectivity index (χ3n) is 5.77. The maximum absolute atomic E-state index is 14.3. The lowest BCUT2D eigenvalue weighted by atomic mass is 9.97. The number of hydrogen-bond acceptors (Lipinski definition) is 6. The molecule has 2 heterocycles. The number of nitrogens with zero attached hydrogens (tertiary/aromatic N) is 4. The molecule has 1 aliphatic rings. The van der Waals surface area contributed by atoms with Crippen molar-refractivity contribution in [2.75, 3.05) is 25.6 Å². The van der Waals surface area contributed by atoms with Crippen LogP contribution in [0.15, 0.2) is 59.9 Å². The number of aliphatic imine (C=N–C) groups is 1. The largest absolute Gasteiger partial charge is 0.494 e. The summed E-state index contributed by atoms with van der Waals surface area (Å²) in [6, 6.07) is 13.4. The predicted molar refractivity (Wildman–Crippen MR) is 129 cm³/mol. The fourth-order valence-corrected chi connectivity index (χ4v) is 3.92. The summed E-state index contributed by atoms with van der Waals surface area (Å²) in [5.41, 5.74) is 2.80. The number of ether oxygens (including phenoxy) is 1. The normalized spacial score (nSPS) is 15.3. The van der Waals surface area contributed by atoms with E-state index in [1.165, 1.54) is 30.2 Å². The van der Waals surface area contributed by atoms with Gasteiger partial charge >= 0.3 is 0 Å². The molecule has 8 heteroatoms. The molecule has 172 valence electrons. The van der Waals surface area contributed by atoms with E-state index in [9.17, 15) is 14.4 Å². The third-order valence-corrected chi connectivity index (χ3v) is 5.77. The number of pyridine rings is 1. The summed E-state index contributed by atoms with van der Waals surface area (Å²) in [4.78, 5) is 23.8. The summed E-state index contributed by atoms with van der Waals surface area (Å²) >= 11 is 0. The van der Waals surface area contributed by atoms with E-state index in [0.29, 0.717) is 22.5 Å². The number of aromatic nitrogens is 1. The summed E-state index contributed by atoms with van der Waals surface area (Å²) in [5.74, 6) is -0.901. The van der Waals surface area contributed by atoms with Gasteiger partial charge < -0.3 is 15.0 Å². The van der Waals surface area contributed by atoms with Gasteiger partial charge in [-0.2, -0.15) is 5.26 Å². The van der Waals surface area contributed by atoms with Crippen LogP contribution in [0.5, 0.6) is 5.75 Å². The number of benzene rings is 2. The van der Waals surface area contributed by atoms with Crippen LogP contribution in [0.25, 0.3) is 11.1 Å². The molecule has 0 aliphatic carbocycles. The molecular weight excluding hydrogens is 433 g/mol. The highest BCUT2D eigenvalue weighted by Crippen LogP contribution is 2.36. The van der Waals surface area contributed by atoms with Crippen molar-refractivity contribution in [1.29, 1.82) is 5.26 Å². The molecular formula is C26H24FN5O2. The van der Waals surface area contributed by atoms with E-state index in [1.807, 2.05) is 6.21 Å². The topological polar surface area (TPSA) is 90.6 Å². The highest BCUT2D eigenvalue weighted by Gasteiger charge is 2.23. The van der Waals surface area contributed by atoms with Crippen LogP contribution < -0.4 is 15.0 Å². The van der Waals surface area contributed by atoms with Crippen LogP contribution in [0.4, 0.5) is 15.8 Å². The molecule has 0 saturated carbocycles. The van der Waals surface area contributed by atoms with Crippen molar-refractivity contribution < 1.29 is 13.9 Å². The number of anilines is 1. The number of hydrogen-bond donors (Lipinski definition) is 1. The number of halogens is 1. The molecule has 3 aromatic rings. The summed E-state index contributed by atoms with van der Waals surface area (Å²) in [5, 5.41) is 13.0. The van der Waals surface area contributed by atoms with Crippen molar-refractivity contribution >= 4 is 23.5 Å². The first-order valence-corrected chi connectivity index (χ1v) is 10.9. The summed E-state index contributed by atoms with van der Waals surface area (Å²) in [6.07, 6.45) is 7.11. The monoisotopic (exact) mass is 457 g/mol. The van der Waals surface area contributed by atoms with Crippen LogP contribution in [0, 0.1) is 17.1 Å². The molecule has 1 unspecified atom stereocenters. The second-order valence-electron chi connectivity index (χ2n) is 7.93. The van der Waals surface area contributed by atoms with Gasteiger partial charge in [-0.3, -0.25) is 14.8 Å². The minimum Gasteiger partial charge on any atom is -0.494 e. The number of amides is 1. The Hall–Kier alpha value is -4.09. The fourth-order valence-electron chi connectivity index (χ4n) is 3.92. The molecule has 1 aliphatic heterocycles. The average molecular weight is 458 g/mol. The van der Waals surface area contributed by atoms with Crippen molar-refractivity contribution in [2.45, 2.75) is 18.9 Å². The van der Waals surface area contributed by atoms with E-state index in [4.69, 9.17) is 9.73 Å². The summed E-state index contributed by atoms with van der Waals surface area (Å²) < 4.78 is 19.3. The van der Waals surface area contributed by atoms with Gasteiger partial charge in [-0.15, -0.1) is 0 Å². The van der Waals surface area contributed by atoms with Gasteiger partial charge in [0.05, 0.1) is 30.0 Å². The Morgan fingerprint density at radius 2 is 2.09 bits per heavy atom. The molecule has 1 N–H and O–H groups in total. The summed E-state index contributed by atoms with van der Waals surface area (Å²) in [7, 11) is 2.94. The lowest BCUT2D eigenvalue weighted by molar-refractivity contribution is 0.0993. The fraction of sp³-hybridized carbons (Fsp3) is 0.231.